The molecule has 0 N–H and O–H groups in total. The number of likely N-dealkylation sites (N-methyl/N-ethyl adjacent to an activating group) is 1. The smallest absolute Gasteiger partial charge is 0.268 e. The zero-order chi connectivity index (χ0) is 30.2. The zero-order valence-corrected chi connectivity index (χ0v) is 28.1. The highest BCUT2D eigenvalue weighted by atomic mass is 32.2. The van der Waals surface area contributed by atoms with Crippen LogP contribution in [0.2, 0.25) is 0 Å². The molecule has 9 nitrogen and oxygen atoms in total. The second-order valence-electron chi connectivity index (χ2n) is 11.9. The Hall–Kier alpha value is -0.0600. The third kappa shape index (κ3) is 28.1. The Morgan fingerprint density at radius 3 is 1.60 bits per heavy atom. The van der Waals surface area contributed by atoms with Crippen LogP contribution in [-0.4, -0.2) is 78.9 Å². The normalized spacial score (nSPS) is 14.8. The lowest BCUT2D eigenvalue weighted by Crippen LogP contribution is -2.37. The lowest BCUT2D eigenvalue weighted by molar-refractivity contribution is -0.870. The maximum absolute atomic E-state index is 12.1. The number of phosphoric ester groups is 1. The van der Waals surface area contributed by atoms with Crippen LogP contribution in [0, 0.1) is 0 Å². The van der Waals surface area contributed by atoms with E-state index in [4.69, 9.17) is 18.0 Å². The van der Waals surface area contributed by atoms with Crippen LogP contribution < -0.4 is 4.89 Å². The number of phosphoric acid groups is 1. The van der Waals surface area contributed by atoms with Crippen molar-refractivity contribution >= 4 is 17.9 Å². The second-order valence-corrected chi connectivity index (χ2v) is 15.1. The van der Waals surface area contributed by atoms with Gasteiger partial charge in [-0.05, 0) is 12.8 Å². The molecule has 0 spiro atoms. The van der Waals surface area contributed by atoms with Gasteiger partial charge in [0.05, 0.1) is 40.1 Å². The van der Waals surface area contributed by atoms with Crippen LogP contribution in [0.15, 0.2) is 0 Å². The first-order valence-electron chi connectivity index (χ1n) is 15.8. The van der Waals surface area contributed by atoms with Crippen LogP contribution in [0.3, 0.4) is 0 Å². The minimum absolute atomic E-state index is 0.0281. The van der Waals surface area contributed by atoms with Gasteiger partial charge in [0.1, 0.15) is 19.3 Å². The molecule has 0 aromatic rings. The number of unbranched alkanes of at least 4 members (excludes halogenated alkanes) is 15. The monoisotopic (exact) mass is 615 g/mol. The molecule has 0 rings (SSSR count). The lowest BCUT2D eigenvalue weighted by Gasteiger charge is -2.28. The standard InChI is InChI=1S/C29H62NO8PS/c1-6-8-9-10-11-12-13-14-15-16-17-18-19-20-21-22-24-35-27-29(38-40(33,34)26-7-2)28-37-39(31,32)36-25-23-30(3,4)5/h29H,6-28H2,1-5H3. The summed E-state index contributed by atoms with van der Waals surface area (Å²) < 4.78 is 57.5. The Balaban J connectivity index is 4.02. The Bertz CT molecular complexity index is 730. The van der Waals surface area contributed by atoms with Gasteiger partial charge in [-0.15, -0.1) is 0 Å². The fourth-order valence-corrected chi connectivity index (χ4v) is 6.06. The van der Waals surface area contributed by atoms with Gasteiger partial charge in [-0.3, -0.25) is 8.75 Å². The van der Waals surface area contributed by atoms with Gasteiger partial charge < -0.3 is 23.2 Å². The maximum Gasteiger partial charge on any atom is 0.268 e. The fourth-order valence-electron chi connectivity index (χ4n) is 4.21. The van der Waals surface area contributed by atoms with Gasteiger partial charge in [-0.2, -0.15) is 8.42 Å². The molecule has 0 fully saturated rings. The number of hydrogen-bond donors (Lipinski definition) is 0. The molecule has 2 atom stereocenters. The van der Waals surface area contributed by atoms with E-state index in [0.717, 1.165) is 19.3 Å². The average Bonchev–Trinajstić information content (AvgIpc) is 2.85. The van der Waals surface area contributed by atoms with Gasteiger partial charge >= 0.3 is 0 Å². The van der Waals surface area contributed by atoms with E-state index in [1.807, 2.05) is 21.1 Å². The second kappa shape index (κ2) is 24.4. The molecule has 0 bridgehead atoms. The van der Waals surface area contributed by atoms with Crippen molar-refractivity contribution < 1.29 is 40.3 Å². The minimum atomic E-state index is -4.58. The van der Waals surface area contributed by atoms with Crippen LogP contribution in [0.25, 0.3) is 0 Å². The molecule has 0 aliphatic heterocycles. The quantitative estimate of drug-likeness (QED) is 0.0385. The molecule has 11 heteroatoms. The highest BCUT2D eigenvalue weighted by Gasteiger charge is 2.22. The van der Waals surface area contributed by atoms with Gasteiger partial charge in [0.15, 0.2) is 0 Å². The molecule has 0 amide bonds. The highest BCUT2D eigenvalue weighted by Crippen LogP contribution is 2.38. The first-order chi connectivity index (χ1) is 18.9. The van der Waals surface area contributed by atoms with Gasteiger partial charge in [-0.1, -0.05) is 110 Å². The number of hydrogen-bond acceptors (Lipinski definition) is 8. The fraction of sp³-hybridized carbons (Fsp3) is 1.00. The van der Waals surface area contributed by atoms with Crippen molar-refractivity contribution in [2.45, 2.75) is 129 Å². The van der Waals surface area contributed by atoms with Gasteiger partial charge in [0.2, 0.25) is 0 Å². The van der Waals surface area contributed by atoms with Crippen molar-refractivity contribution in [1.82, 2.24) is 0 Å². The molecule has 0 aromatic carbocycles. The zero-order valence-electron chi connectivity index (χ0n) is 26.4. The number of nitrogens with zero attached hydrogens (tertiary/aromatic N) is 1. The van der Waals surface area contributed by atoms with Crippen LogP contribution in [0.5, 0.6) is 0 Å². The largest absolute Gasteiger partial charge is 0.756 e. The number of quaternary nitrogens is 1. The molecule has 242 valence electrons. The Morgan fingerprint density at radius 2 is 1.15 bits per heavy atom. The number of rotatable bonds is 30. The van der Waals surface area contributed by atoms with E-state index in [0.29, 0.717) is 24.1 Å². The SMILES string of the molecule is CCCCCCCCCCCCCCCCCCOCC(COP(=O)([O-])OCC[N+](C)(C)C)OS(=O)(=O)CCC. The van der Waals surface area contributed by atoms with Gasteiger partial charge in [-0.25, -0.2) is 0 Å². The molecule has 0 aliphatic carbocycles. The van der Waals surface area contributed by atoms with Crippen molar-refractivity contribution in [1.29, 1.82) is 0 Å². The highest BCUT2D eigenvalue weighted by molar-refractivity contribution is 7.86. The third-order valence-electron chi connectivity index (χ3n) is 6.61. The summed E-state index contributed by atoms with van der Waals surface area (Å²) in [4.78, 5) is 12.1. The molecule has 0 aliphatic rings. The van der Waals surface area contributed by atoms with Gasteiger partial charge in [0, 0.05) is 6.61 Å². The molecular formula is C29H62NO8PS. The summed E-state index contributed by atoms with van der Waals surface area (Å²) in [7, 11) is -2.64. The molecule has 0 saturated heterocycles. The van der Waals surface area contributed by atoms with Crippen LogP contribution >= 0.6 is 7.82 Å². The third-order valence-corrected chi connectivity index (χ3v) is 9.05. The van der Waals surface area contributed by atoms with E-state index in [1.54, 1.807) is 6.92 Å². The molecule has 0 heterocycles. The summed E-state index contributed by atoms with van der Waals surface area (Å²) >= 11 is 0. The topological polar surface area (TPSA) is 111 Å². The maximum atomic E-state index is 12.1. The van der Waals surface area contributed by atoms with E-state index in [2.05, 4.69) is 6.92 Å². The molecule has 0 saturated carbocycles. The number of ether oxygens (including phenoxy) is 1. The average molecular weight is 616 g/mol. The van der Waals surface area contributed by atoms with Crippen molar-refractivity contribution in [3.63, 3.8) is 0 Å². The molecule has 40 heavy (non-hydrogen) atoms. The summed E-state index contributed by atoms with van der Waals surface area (Å²) in [5.41, 5.74) is 0. The van der Waals surface area contributed by atoms with E-state index in [1.165, 1.54) is 83.5 Å². The Labute approximate surface area is 247 Å². The predicted octanol–water partition coefficient (Wildman–Crippen LogP) is 6.60. The van der Waals surface area contributed by atoms with Crippen LogP contribution in [0.4, 0.5) is 0 Å². The molecule has 0 radical (unpaired) electrons. The van der Waals surface area contributed by atoms with Gasteiger partial charge in [0.25, 0.3) is 17.9 Å². The molecule has 2 unspecified atom stereocenters. The van der Waals surface area contributed by atoms with E-state index < -0.39 is 30.7 Å². The predicted molar refractivity (Wildman–Crippen MR) is 162 cm³/mol. The summed E-state index contributed by atoms with van der Waals surface area (Å²) in [6, 6.07) is 0. The summed E-state index contributed by atoms with van der Waals surface area (Å²) in [5, 5.41) is 0. The van der Waals surface area contributed by atoms with E-state index >= 15 is 0 Å². The first-order valence-corrected chi connectivity index (χ1v) is 18.8. The van der Waals surface area contributed by atoms with Crippen molar-refractivity contribution in [3.8, 4) is 0 Å². The molecular weight excluding hydrogens is 553 g/mol. The summed E-state index contributed by atoms with van der Waals surface area (Å²) in [6.45, 7) is 4.35. The Morgan fingerprint density at radius 1 is 0.675 bits per heavy atom. The van der Waals surface area contributed by atoms with E-state index in [-0.39, 0.29) is 19.0 Å². The van der Waals surface area contributed by atoms with Crippen molar-refractivity contribution in [2.75, 3.05) is 59.9 Å². The van der Waals surface area contributed by atoms with Crippen molar-refractivity contribution in [3.05, 3.63) is 0 Å². The van der Waals surface area contributed by atoms with Crippen molar-refractivity contribution in [2.24, 2.45) is 0 Å². The molecule has 0 aromatic heterocycles. The van der Waals surface area contributed by atoms with Crippen LogP contribution in [-0.2, 0) is 32.7 Å². The van der Waals surface area contributed by atoms with Crippen LogP contribution in [0.1, 0.15) is 123 Å². The Kier molecular flexibility index (Phi) is 24.4. The lowest BCUT2D eigenvalue weighted by atomic mass is 10.0. The minimum Gasteiger partial charge on any atom is -0.756 e. The summed E-state index contributed by atoms with van der Waals surface area (Å²) in [5.74, 6) is -0.155. The summed E-state index contributed by atoms with van der Waals surface area (Å²) in [6.07, 6.45) is 19.9. The first kappa shape index (κ1) is 39.9. The van der Waals surface area contributed by atoms with E-state index in [9.17, 15) is 17.9 Å².